The van der Waals surface area contributed by atoms with Gasteiger partial charge in [-0.3, -0.25) is 0 Å². The molecule has 0 spiro atoms. The van der Waals surface area contributed by atoms with Crippen molar-refractivity contribution in [2.24, 2.45) is 5.92 Å². The van der Waals surface area contributed by atoms with Gasteiger partial charge in [0.15, 0.2) is 0 Å². The van der Waals surface area contributed by atoms with Crippen LogP contribution in [0.4, 0.5) is 10.5 Å². The highest BCUT2D eigenvalue weighted by Crippen LogP contribution is 2.37. The topological polar surface area (TPSA) is 44.8 Å². The summed E-state index contributed by atoms with van der Waals surface area (Å²) in [5.41, 5.74) is 1.77. The molecule has 1 N–H and O–H groups in total. The Hall–Kier alpha value is -1.46. The summed E-state index contributed by atoms with van der Waals surface area (Å²) in [6, 6.07) is 3.65. The van der Waals surface area contributed by atoms with Crippen molar-refractivity contribution < 1.29 is 9.53 Å². The Bertz CT molecular complexity index is 631. The van der Waals surface area contributed by atoms with Crippen LogP contribution in [0.25, 0.3) is 0 Å². The summed E-state index contributed by atoms with van der Waals surface area (Å²) in [7, 11) is 0. The van der Waals surface area contributed by atoms with Gasteiger partial charge in [-0.25, -0.2) is 4.79 Å². The second kappa shape index (κ2) is 6.81. The zero-order valence-corrected chi connectivity index (χ0v) is 14.6. The van der Waals surface area contributed by atoms with Crippen LogP contribution in [-0.4, -0.2) is 55.2 Å². The van der Waals surface area contributed by atoms with Gasteiger partial charge in [-0.2, -0.15) is 0 Å². The molecule has 2 fully saturated rings. The molecule has 3 heterocycles. The van der Waals surface area contributed by atoms with Crippen LogP contribution in [0.5, 0.6) is 5.75 Å². The summed E-state index contributed by atoms with van der Waals surface area (Å²) in [4.78, 5) is 17.1. The molecule has 0 bridgehead atoms. The number of benzene rings is 1. The molecule has 0 radical (unpaired) electrons. The number of carbonyl (C=O) groups excluding carboxylic acids is 1. The van der Waals surface area contributed by atoms with Crippen LogP contribution in [0, 0.1) is 5.92 Å². The van der Waals surface area contributed by atoms with E-state index in [0.29, 0.717) is 23.2 Å². The van der Waals surface area contributed by atoms with Crippen molar-refractivity contribution in [2.75, 3.05) is 44.6 Å². The highest BCUT2D eigenvalue weighted by molar-refractivity contribution is 6.31. The van der Waals surface area contributed by atoms with E-state index in [1.54, 1.807) is 6.07 Å². The molecule has 5 nitrogen and oxygen atoms in total. The lowest BCUT2D eigenvalue weighted by Crippen LogP contribution is -2.34. The Labute approximate surface area is 147 Å². The van der Waals surface area contributed by atoms with Gasteiger partial charge in [0.25, 0.3) is 0 Å². The lowest BCUT2D eigenvalue weighted by Gasteiger charge is -2.21. The van der Waals surface area contributed by atoms with Gasteiger partial charge in [0.1, 0.15) is 5.75 Å². The lowest BCUT2D eigenvalue weighted by atomic mass is 10.1. The minimum absolute atomic E-state index is 0.0427. The first-order valence-electron chi connectivity index (χ1n) is 8.92. The number of anilines is 1. The minimum atomic E-state index is -0.0427. The van der Waals surface area contributed by atoms with Crippen molar-refractivity contribution in [3.8, 4) is 5.75 Å². The first kappa shape index (κ1) is 16.0. The Morgan fingerprint density at radius 3 is 2.96 bits per heavy atom. The second-order valence-corrected chi connectivity index (χ2v) is 7.52. The second-order valence-electron chi connectivity index (χ2n) is 7.08. The molecule has 130 valence electrons. The number of fused-ring (bicyclic) bond motifs is 1. The summed E-state index contributed by atoms with van der Waals surface area (Å²) in [5, 5.41) is 3.64. The van der Waals surface area contributed by atoms with Crippen LogP contribution in [0.3, 0.4) is 0 Å². The normalized spacial score (nSPS) is 23.4. The van der Waals surface area contributed by atoms with Crippen molar-refractivity contribution in [2.45, 2.75) is 25.7 Å². The molecule has 0 saturated carbocycles. The third-order valence-electron chi connectivity index (χ3n) is 5.28. The highest BCUT2D eigenvalue weighted by Gasteiger charge is 2.29. The number of likely N-dealkylation sites (tertiary alicyclic amines) is 2. The zero-order chi connectivity index (χ0) is 16.5. The molecule has 24 heavy (non-hydrogen) atoms. The van der Waals surface area contributed by atoms with Gasteiger partial charge in [0.05, 0.1) is 12.3 Å². The van der Waals surface area contributed by atoms with E-state index >= 15 is 0 Å². The van der Waals surface area contributed by atoms with E-state index < -0.39 is 0 Å². The van der Waals surface area contributed by atoms with Crippen molar-refractivity contribution in [3.05, 3.63) is 22.7 Å². The van der Waals surface area contributed by atoms with Gasteiger partial charge in [-0.1, -0.05) is 11.6 Å². The molecule has 1 aromatic carbocycles. The third kappa shape index (κ3) is 3.33. The van der Waals surface area contributed by atoms with Crippen LogP contribution in [0.1, 0.15) is 24.8 Å². The molecule has 0 unspecified atom stereocenters. The molecule has 3 aliphatic rings. The summed E-state index contributed by atoms with van der Waals surface area (Å²) in [6.07, 6.45) is 4.57. The maximum absolute atomic E-state index is 12.6. The lowest BCUT2D eigenvalue weighted by molar-refractivity contribution is 0.217. The highest BCUT2D eigenvalue weighted by atomic mass is 35.5. The fraction of sp³-hybridized carbons (Fsp3) is 0.611. The molecule has 0 aliphatic carbocycles. The maximum atomic E-state index is 12.6. The van der Waals surface area contributed by atoms with Crippen LogP contribution >= 0.6 is 11.6 Å². The number of hydrogen-bond donors (Lipinski definition) is 1. The molecule has 2 amide bonds. The van der Waals surface area contributed by atoms with Crippen LogP contribution in [-0.2, 0) is 6.42 Å². The Morgan fingerprint density at radius 1 is 1.29 bits per heavy atom. The molecule has 4 rings (SSSR count). The number of urea groups is 1. The van der Waals surface area contributed by atoms with E-state index in [-0.39, 0.29) is 6.03 Å². The number of nitrogens with one attached hydrogen (secondary N) is 1. The van der Waals surface area contributed by atoms with Crippen LogP contribution in [0.15, 0.2) is 12.1 Å². The van der Waals surface area contributed by atoms with E-state index in [0.717, 1.165) is 43.8 Å². The number of halogens is 1. The Morgan fingerprint density at radius 2 is 2.12 bits per heavy atom. The van der Waals surface area contributed by atoms with Crippen molar-refractivity contribution >= 4 is 23.3 Å². The molecule has 1 aromatic rings. The SMILES string of the molecule is O=C(Nc1cc(Cl)cc2c1OCC2)N1CC[C@H](CN2CCCC2)C1. The van der Waals surface area contributed by atoms with Gasteiger partial charge in [0.2, 0.25) is 0 Å². The summed E-state index contributed by atoms with van der Waals surface area (Å²) in [5.74, 6) is 1.37. The molecule has 0 aromatic heterocycles. The molecular weight excluding hydrogens is 326 g/mol. The van der Waals surface area contributed by atoms with Gasteiger partial charge >= 0.3 is 6.03 Å². The Kier molecular flexibility index (Phi) is 4.55. The number of nitrogens with zero attached hydrogens (tertiary/aromatic N) is 2. The van der Waals surface area contributed by atoms with E-state index in [1.165, 1.54) is 25.9 Å². The average Bonchev–Trinajstić information content (AvgIpc) is 3.28. The summed E-state index contributed by atoms with van der Waals surface area (Å²) < 4.78 is 5.66. The Balaban J connectivity index is 1.37. The standard InChI is InChI=1S/C18H24ClN3O2/c19-15-9-14-4-8-24-17(14)16(10-15)20-18(23)22-7-3-13(12-22)11-21-5-1-2-6-21/h9-10,13H,1-8,11-12H2,(H,20,23)/t13-/m1/s1. The van der Waals surface area contributed by atoms with Gasteiger partial charge in [-0.15, -0.1) is 0 Å². The third-order valence-corrected chi connectivity index (χ3v) is 5.50. The van der Waals surface area contributed by atoms with Crippen LogP contribution < -0.4 is 10.1 Å². The predicted octanol–water partition coefficient (Wildman–Crippen LogP) is 3.22. The molecule has 2 saturated heterocycles. The fourth-order valence-electron chi connectivity index (χ4n) is 4.05. The zero-order valence-electron chi connectivity index (χ0n) is 13.9. The number of carbonyl (C=O) groups is 1. The number of hydrogen-bond acceptors (Lipinski definition) is 3. The number of ether oxygens (including phenoxy) is 1. The van der Waals surface area contributed by atoms with Gasteiger partial charge in [0, 0.05) is 36.6 Å². The minimum Gasteiger partial charge on any atom is -0.491 e. The number of rotatable bonds is 3. The fourth-order valence-corrected chi connectivity index (χ4v) is 4.29. The summed E-state index contributed by atoms with van der Waals surface area (Å²) >= 11 is 6.16. The first-order valence-corrected chi connectivity index (χ1v) is 9.30. The van der Waals surface area contributed by atoms with E-state index in [1.807, 2.05) is 11.0 Å². The maximum Gasteiger partial charge on any atom is 0.321 e. The molecule has 3 aliphatic heterocycles. The van der Waals surface area contributed by atoms with Crippen molar-refractivity contribution in [1.29, 1.82) is 0 Å². The van der Waals surface area contributed by atoms with E-state index in [9.17, 15) is 4.79 Å². The molecule has 6 heteroatoms. The average molecular weight is 350 g/mol. The van der Waals surface area contributed by atoms with Gasteiger partial charge < -0.3 is 19.9 Å². The monoisotopic (exact) mass is 349 g/mol. The van der Waals surface area contributed by atoms with Gasteiger partial charge in [-0.05, 0) is 50.4 Å². The summed E-state index contributed by atoms with van der Waals surface area (Å²) in [6.45, 7) is 5.88. The van der Waals surface area contributed by atoms with E-state index in [4.69, 9.17) is 16.3 Å². The quantitative estimate of drug-likeness (QED) is 0.911. The van der Waals surface area contributed by atoms with Crippen molar-refractivity contribution in [3.63, 3.8) is 0 Å². The molecular formula is C18H24ClN3O2. The van der Waals surface area contributed by atoms with E-state index in [2.05, 4.69) is 10.2 Å². The largest absolute Gasteiger partial charge is 0.491 e. The smallest absolute Gasteiger partial charge is 0.321 e. The predicted molar refractivity (Wildman–Crippen MR) is 95.0 cm³/mol. The number of amides is 2. The molecule has 1 atom stereocenters. The first-order chi connectivity index (χ1) is 11.7. The van der Waals surface area contributed by atoms with Crippen molar-refractivity contribution in [1.82, 2.24) is 9.80 Å². The van der Waals surface area contributed by atoms with Crippen LogP contribution in [0.2, 0.25) is 5.02 Å².